The molecule has 1 spiro atoms. The highest BCUT2D eigenvalue weighted by Gasteiger charge is 2.60. The first-order chi connectivity index (χ1) is 10.0. The molecule has 2 aliphatic carbocycles. The molecule has 3 fully saturated rings. The lowest BCUT2D eigenvalue weighted by molar-refractivity contribution is -0.134. The normalized spacial score (nSPS) is 31.0. The molecule has 1 unspecified atom stereocenters. The second-order valence-electron chi connectivity index (χ2n) is 7.79. The first-order valence-electron chi connectivity index (χ1n) is 8.13. The average Bonchev–Trinajstić information content (AvgIpc) is 2.92. The lowest BCUT2D eigenvalue weighted by Gasteiger charge is -2.40. The Morgan fingerprint density at radius 1 is 1.24 bits per heavy atom. The van der Waals surface area contributed by atoms with Crippen molar-refractivity contribution in [3.05, 3.63) is 22.4 Å². The predicted molar refractivity (Wildman–Crippen MR) is 85.0 cm³/mol. The van der Waals surface area contributed by atoms with Crippen LogP contribution in [-0.2, 0) is 4.79 Å². The highest BCUT2D eigenvalue weighted by Crippen LogP contribution is 2.49. The fraction of sp³-hybridized carbons (Fsp3) is 0.706. The minimum atomic E-state index is -0.209. The van der Waals surface area contributed by atoms with Gasteiger partial charge in [0.05, 0.1) is 0 Å². The Hall–Kier alpha value is -0.870. The van der Waals surface area contributed by atoms with E-state index in [1.54, 1.807) is 11.3 Å². The molecule has 1 atom stereocenters. The highest BCUT2D eigenvalue weighted by molar-refractivity contribution is 7.08. The van der Waals surface area contributed by atoms with Crippen LogP contribution in [0.25, 0.3) is 0 Å². The van der Waals surface area contributed by atoms with Crippen molar-refractivity contribution in [3.63, 3.8) is 0 Å². The number of hydrogen-bond acceptors (Lipinski definition) is 3. The van der Waals surface area contributed by atoms with Gasteiger partial charge in [0.1, 0.15) is 11.7 Å². The van der Waals surface area contributed by atoms with E-state index in [9.17, 15) is 4.79 Å². The van der Waals surface area contributed by atoms with Crippen molar-refractivity contribution < 1.29 is 4.79 Å². The second-order valence-corrected chi connectivity index (χ2v) is 8.57. The zero-order valence-corrected chi connectivity index (χ0v) is 13.7. The van der Waals surface area contributed by atoms with Gasteiger partial charge >= 0.3 is 0 Å². The van der Waals surface area contributed by atoms with E-state index in [2.05, 4.69) is 40.9 Å². The van der Waals surface area contributed by atoms with E-state index in [0.29, 0.717) is 17.4 Å². The summed E-state index contributed by atoms with van der Waals surface area (Å²) in [6, 6.07) is 2.58. The van der Waals surface area contributed by atoms with Crippen LogP contribution in [-0.4, -0.2) is 22.4 Å². The van der Waals surface area contributed by atoms with E-state index >= 15 is 0 Å². The summed E-state index contributed by atoms with van der Waals surface area (Å²) in [6.07, 6.45) is 6.89. The fourth-order valence-electron chi connectivity index (χ4n) is 3.95. The molecule has 4 heteroatoms. The summed E-state index contributed by atoms with van der Waals surface area (Å²) in [4.78, 5) is 15.1. The summed E-state index contributed by atoms with van der Waals surface area (Å²) in [5.41, 5.74) is 1.50. The first-order valence-corrected chi connectivity index (χ1v) is 9.08. The Bertz CT molecular complexity index is 537. The molecule has 114 valence electrons. The molecule has 1 aromatic rings. The summed E-state index contributed by atoms with van der Waals surface area (Å²) >= 11 is 1.72. The van der Waals surface area contributed by atoms with Crippen LogP contribution in [0.1, 0.15) is 64.1 Å². The summed E-state index contributed by atoms with van der Waals surface area (Å²) in [5, 5.41) is 7.94. The molecule has 4 rings (SSSR count). The molecule has 1 aromatic heterocycles. The standard InChI is InChI=1S/C17H24N2OS/c1-16(2)6-3-13(4-7-16)19-14(12-5-10-21-11-12)18-17(8-9-17)15(19)20/h5,10-11,13-14,18H,3-4,6-9H2,1-2H3. The van der Waals surface area contributed by atoms with Crippen molar-refractivity contribution >= 4 is 17.2 Å². The number of thiophene rings is 1. The molecule has 0 radical (unpaired) electrons. The average molecular weight is 304 g/mol. The Kier molecular flexibility index (Phi) is 2.99. The lowest BCUT2D eigenvalue weighted by atomic mass is 9.75. The van der Waals surface area contributed by atoms with E-state index in [1.165, 1.54) is 18.4 Å². The molecule has 1 N–H and O–H groups in total. The molecule has 1 aliphatic heterocycles. The number of rotatable bonds is 2. The van der Waals surface area contributed by atoms with Crippen LogP contribution in [0.2, 0.25) is 0 Å². The summed E-state index contributed by atoms with van der Waals surface area (Å²) in [6.45, 7) is 4.71. The monoisotopic (exact) mass is 304 g/mol. The Balaban J connectivity index is 1.60. The van der Waals surface area contributed by atoms with Crippen molar-refractivity contribution in [2.24, 2.45) is 5.41 Å². The summed E-state index contributed by atoms with van der Waals surface area (Å²) < 4.78 is 0. The molecule has 3 aliphatic rings. The molecule has 2 saturated carbocycles. The quantitative estimate of drug-likeness (QED) is 0.904. The van der Waals surface area contributed by atoms with Gasteiger partial charge in [-0.05, 0) is 66.3 Å². The maximum absolute atomic E-state index is 12.9. The van der Waals surface area contributed by atoms with E-state index in [-0.39, 0.29) is 11.7 Å². The van der Waals surface area contributed by atoms with E-state index < -0.39 is 0 Å². The van der Waals surface area contributed by atoms with Crippen LogP contribution >= 0.6 is 11.3 Å². The first kappa shape index (κ1) is 13.8. The fourth-order valence-corrected chi connectivity index (χ4v) is 4.63. The SMILES string of the molecule is CC1(C)CCC(N2C(=O)C3(CC3)NC2c2ccsc2)CC1. The van der Waals surface area contributed by atoms with Gasteiger partial charge in [-0.15, -0.1) is 0 Å². The molecule has 0 bridgehead atoms. The van der Waals surface area contributed by atoms with Crippen molar-refractivity contribution in [2.75, 3.05) is 0 Å². The van der Waals surface area contributed by atoms with Crippen LogP contribution < -0.4 is 5.32 Å². The zero-order chi connectivity index (χ0) is 14.7. The number of hydrogen-bond donors (Lipinski definition) is 1. The third-order valence-electron chi connectivity index (χ3n) is 5.65. The third-order valence-corrected chi connectivity index (χ3v) is 6.35. The van der Waals surface area contributed by atoms with Crippen LogP contribution in [0.3, 0.4) is 0 Å². The number of carbonyl (C=O) groups is 1. The second kappa shape index (κ2) is 4.56. The topological polar surface area (TPSA) is 32.3 Å². The van der Waals surface area contributed by atoms with Crippen LogP contribution in [0.4, 0.5) is 0 Å². The van der Waals surface area contributed by atoms with Crippen LogP contribution in [0.5, 0.6) is 0 Å². The molecule has 1 amide bonds. The number of nitrogens with one attached hydrogen (secondary N) is 1. The van der Waals surface area contributed by atoms with Crippen LogP contribution in [0, 0.1) is 5.41 Å². The number of amides is 1. The van der Waals surface area contributed by atoms with Gasteiger partial charge in [-0.1, -0.05) is 13.8 Å². The largest absolute Gasteiger partial charge is 0.318 e. The van der Waals surface area contributed by atoms with Gasteiger partial charge in [-0.2, -0.15) is 11.3 Å². The molecule has 21 heavy (non-hydrogen) atoms. The Labute approximate surface area is 130 Å². The van der Waals surface area contributed by atoms with Crippen molar-refractivity contribution in [1.82, 2.24) is 10.2 Å². The zero-order valence-electron chi connectivity index (χ0n) is 12.9. The molecular formula is C17H24N2OS. The molecule has 2 heterocycles. The van der Waals surface area contributed by atoms with Gasteiger partial charge in [0.2, 0.25) is 5.91 Å². The third kappa shape index (κ3) is 2.23. The van der Waals surface area contributed by atoms with Gasteiger partial charge in [-0.3, -0.25) is 10.1 Å². The van der Waals surface area contributed by atoms with Gasteiger partial charge in [-0.25, -0.2) is 0 Å². The maximum atomic E-state index is 12.9. The molecule has 3 nitrogen and oxygen atoms in total. The van der Waals surface area contributed by atoms with E-state index in [4.69, 9.17) is 0 Å². The smallest absolute Gasteiger partial charge is 0.244 e. The number of nitrogens with zero attached hydrogens (tertiary/aromatic N) is 1. The maximum Gasteiger partial charge on any atom is 0.244 e. The van der Waals surface area contributed by atoms with Crippen molar-refractivity contribution in [2.45, 2.75) is 70.1 Å². The predicted octanol–water partition coefficient (Wildman–Crippen LogP) is 3.68. The Morgan fingerprint density at radius 3 is 2.52 bits per heavy atom. The van der Waals surface area contributed by atoms with Crippen molar-refractivity contribution in [1.29, 1.82) is 0 Å². The van der Waals surface area contributed by atoms with Gasteiger partial charge < -0.3 is 4.90 Å². The minimum absolute atomic E-state index is 0.109. The van der Waals surface area contributed by atoms with E-state index in [1.807, 2.05) is 0 Å². The molecule has 0 aromatic carbocycles. The van der Waals surface area contributed by atoms with Crippen molar-refractivity contribution in [3.8, 4) is 0 Å². The summed E-state index contributed by atoms with van der Waals surface area (Å²) in [7, 11) is 0. The van der Waals surface area contributed by atoms with Crippen LogP contribution in [0.15, 0.2) is 16.8 Å². The summed E-state index contributed by atoms with van der Waals surface area (Å²) in [5.74, 6) is 0.364. The number of carbonyl (C=O) groups excluding carboxylic acids is 1. The lowest BCUT2D eigenvalue weighted by Crippen LogP contribution is -2.43. The molecular weight excluding hydrogens is 280 g/mol. The van der Waals surface area contributed by atoms with Gasteiger partial charge in [0.15, 0.2) is 0 Å². The van der Waals surface area contributed by atoms with E-state index in [0.717, 1.165) is 25.7 Å². The Morgan fingerprint density at radius 2 is 1.95 bits per heavy atom. The van der Waals surface area contributed by atoms with Gasteiger partial charge in [0, 0.05) is 6.04 Å². The minimum Gasteiger partial charge on any atom is -0.318 e. The highest BCUT2D eigenvalue weighted by atomic mass is 32.1. The van der Waals surface area contributed by atoms with Gasteiger partial charge in [0.25, 0.3) is 0 Å². The molecule has 1 saturated heterocycles.